The van der Waals surface area contributed by atoms with Gasteiger partial charge in [0.05, 0.1) is 25.9 Å². The van der Waals surface area contributed by atoms with Crippen molar-refractivity contribution in [3.05, 3.63) is 36.5 Å². The van der Waals surface area contributed by atoms with E-state index in [9.17, 15) is 29.4 Å². The number of carbonyl (C=O) groups is 2. The molecule has 8 unspecified atom stereocenters. The van der Waals surface area contributed by atoms with Gasteiger partial charge in [0.2, 0.25) is 0 Å². The molecule has 0 amide bonds. The van der Waals surface area contributed by atoms with Gasteiger partial charge in [-0.15, -0.1) is 0 Å². The Hall–Kier alpha value is -1.97. The molecule has 14 nitrogen and oxygen atoms in total. The van der Waals surface area contributed by atoms with Crippen LogP contribution in [0.3, 0.4) is 0 Å². The lowest BCUT2D eigenvalue weighted by atomic mass is 9.89. The van der Waals surface area contributed by atoms with Gasteiger partial charge in [-0.3, -0.25) is 23.9 Å². The zero-order valence-corrected chi connectivity index (χ0v) is 36.8. The van der Waals surface area contributed by atoms with Crippen LogP contribution in [0, 0.1) is 11.8 Å². The lowest BCUT2D eigenvalue weighted by Gasteiger charge is -2.27. The van der Waals surface area contributed by atoms with E-state index >= 15 is 0 Å². The standard InChI is InChI=1S/C44H77O14P/c1-3-5-7-8-9-10-11-12-13-14-15-16-17-18-23-27-43(47)52-34-38(35-54-59(50,51)53-33-36(46)32-45)55-44(48)28-24-20-19-22-26-39-40(42-31-41(39)57-58-42)30-29-37(56-49)25-21-6-4-2/h12-13,19,22,29-30,36-42,45-46,49H,3-11,14-18,20-21,23-28,31-35H2,1-2H3,(H,50,51)/b13-12-,22-19-,30-29+. The van der Waals surface area contributed by atoms with Crippen molar-refractivity contribution < 1.29 is 67.7 Å². The number of rotatable bonds is 38. The largest absolute Gasteiger partial charge is 0.472 e. The second kappa shape index (κ2) is 33.6. The molecule has 8 atom stereocenters. The van der Waals surface area contributed by atoms with E-state index in [-0.39, 0.29) is 49.6 Å². The minimum Gasteiger partial charge on any atom is -0.462 e. The summed E-state index contributed by atoms with van der Waals surface area (Å²) in [5.74, 6) is -0.721. The average Bonchev–Trinajstić information content (AvgIpc) is 3.84. The zero-order chi connectivity index (χ0) is 43.0. The molecule has 59 heavy (non-hydrogen) atoms. The highest BCUT2D eigenvalue weighted by atomic mass is 31.2. The topological polar surface area (TPSA) is 197 Å². The monoisotopic (exact) mass is 861 g/mol. The molecule has 15 heteroatoms. The van der Waals surface area contributed by atoms with Crippen molar-refractivity contribution in [3.8, 4) is 0 Å². The molecule has 2 fully saturated rings. The van der Waals surface area contributed by atoms with E-state index in [1.54, 1.807) is 0 Å². The van der Waals surface area contributed by atoms with Crippen LogP contribution in [0.15, 0.2) is 36.5 Å². The molecule has 2 rings (SSSR count). The summed E-state index contributed by atoms with van der Waals surface area (Å²) in [6.45, 7) is 2.08. The maximum atomic E-state index is 12.8. The highest BCUT2D eigenvalue weighted by molar-refractivity contribution is 7.47. The number of ether oxygens (including phenoxy) is 2. The number of fused-ring (bicyclic) bond motifs is 2. The number of allylic oxidation sites excluding steroid dienone is 4. The smallest absolute Gasteiger partial charge is 0.462 e. The Morgan fingerprint density at radius 1 is 0.746 bits per heavy atom. The molecule has 1 saturated carbocycles. The minimum atomic E-state index is -4.67. The lowest BCUT2D eigenvalue weighted by molar-refractivity contribution is -0.336. The molecule has 342 valence electrons. The normalized spacial score (nSPS) is 21.7. The van der Waals surface area contributed by atoms with Crippen LogP contribution in [0.5, 0.6) is 0 Å². The molecule has 1 aliphatic carbocycles. The van der Waals surface area contributed by atoms with Crippen LogP contribution in [0.2, 0.25) is 0 Å². The molecular weight excluding hydrogens is 783 g/mol. The molecule has 2 aliphatic rings. The van der Waals surface area contributed by atoms with Gasteiger partial charge in [-0.05, 0) is 57.8 Å². The summed E-state index contributed by atoms with van der Waals surface area (Å²) in [5, 5.41) is 27.7. The van der Waals surface area contributed by atoms with Crippen molar-refractivity contribution in [2.75, 3.05) is 26.4 Å². The van der Waals surface area contributed by atoms with Gasteiger partial charge in [0, 0.05) is 31.1 Å². The fourth-order valence-electron chi connectivity index (χ4n) is 7.19. The first-order chi connectivity index (χ1) is 28.6. The Morgan fingerprint density at radius 3 is 2.03 bits per heavy atom. The van der Waals surface area contributed by atoms with E-state index in [1.165, 1.54) is 38.5 Å². The predicted octanol–water partition coefficient (Wildman–Crippen LogP) is 9.41. The Kier molecular flexibility index (Phi) is 30.3. The van der Waals surface area contributed by atoms with E-state index in [0.717, 1.165) is 77.0 Å². The Labute approximate surface area is 353 Å². The third-order valence-electron chi connectivity index (χ3n) is 10.7. The van der Waals surface area contributed by atoms with Crippen LogP contribution in [0.4, 0.5) is 0 Å². The SMILES string of the molecule is CCCCCCCC/C=C\CCCCCCCC(=O)OCC(COP(=O)(O)OCC(O)CO)OC(=O)CCC/C=C\CC1C2CC(OO2)C1/C=C/C(CCCCC)OO. The van der Waals surface area contributed by atoms with Crippen molar-refractivity contribution in [2.24, 2.45) is 11.8 Å². The van der Waals surface area contributed by atoms with Crippen LogP contribution < -0.4 is 0 Å². The number of hydrogen-bond acceptors (Lipinski definition) is 13. The van der Waals surface area contributed by atoms with E-state index in [0.29, 0.717) is 19.3 Å². The molecule has 0 spiro atoms. The number of esters is 2. The van der Waals surface area contributed by atoms with E-state index in [1.807, 2.05) is 12.2 Å². The fraction of sp³-hybridized carbons (Fsp3) is 0.818. The van der Waals surface area contributed by atoms with E-state index in [4.69, 9.17) is 33.4 Å². The van der Waals surface area contributed by atoms with Gasteiger partial charge >= 0.3 is 19.8 Å². The molecule has 4 N–H and O–H groups in total. The van der Waals surface area contributed by atoms with Crippen LogP contribution in [-0.2, 0) is 47.3 Å². The fourth-order valence-corrected chi connectivity index (χ4v) is 7.98. The maximum Gasteiger partial charge on any atom is 0.472 e. The Balaban J connectivity index is 1.73. The number of unbranched alkanes of at least 4 members (excludes halogenated alkanes) is 14. The van der Waals surface area contributed by atoms with Crippen LogP contribution in [0.25, 0.3) is 0 Å². The number of carbonyl (C=O) groups excluding carboxylic acids is 2. The van der Waals surface area contributed by atoms with Crippen molar-refractivity contribution in [3.63, 3.8) is 0 Å². The van der Waals surface area contributed by atoms with E-state index < -0.39 is 51.8 Å². The zero-order valence-electron chi connectivity index (χ0n) is 35.9. The Bertz CT molecular complexity index is 1230. The number of hydrogen-bond donors (Lipinski definition) is 4. The summed E-state index contributed by atoms with van der Waals surface area (Å²) in [4.78, 5) is 50.9. The number of aliphatic hydroxyl groups is 2. The van der Waals surface area contributed by atoms with Crippen molar-refractivity contribution in [1.29, 1.82) is 0 Å². The first-order valence-corrected chi connectivity index (χ1v) is 24.0. The third-order valence-corrected chi connectivity index (χ3v) is 11.7. The van der Waals surface area contributed by atoms with Gasteiger partial charge in [0.1, 0.15) is 24.9 Å². The van der Waals surface area contributed by atoms with Crippen LogP contribution >= 0.6 is 7.82 Å². The number of aliphatic hydroxyl groups excluding tert-OH is 2. The molecule has 1 aliphatic heterocycles. The molecule has 0 aromatic heterocycles. The molecule has 0 aromatic carbocycles. The predicted molar refractivity (Wildman–Crippen MR) is 225 cm³/mol. The molecule has 0 radical (unpaired) electrons. The van der Waals surface area contributed by atoms with Gasteiger partial charge in [0.15, 0.2) is 6.10 Å². The lowest BCUT2D eigenvalue weighted by Crippen LogP contribution is -2.29. The molecule has 2 bridgehead atoms. The van der Waals surface area contributed by atoms with Crippen LogP contribution in [-0.4, -0.2) is 89.2 Å². The van der Waals surface area contributed by atoms with Crippen molar-refractivity contribution >= 4 is 19.8 Å². The van der Waals surface area contributed by atoms with Gasteiger partial charge in [0.25, 0.3) is 0 Å². The molecule has 1 heterocycles. The second-order valence-electron chi connectivity index (χ2n) is 15.9. The molecule has 0 aromatic rings. The van der Waals surface area contributed by atoms with Gasteiger partial charge < -0.3 is 24.6 Å². The molecular formula is C44H77O14P. The van der Waals surface area contributed by atoms with Gasteiger partial charge in [-0.2, -0.15) is 0 Å². The number of phosphoric ester groups is 1. The quantitative estimate of drug-likeness (QED) is 0.0114. The highest BCUT2D eigenvalue weighted by Crippen LogP contribution is 2.45. The third kappa shape index (κ3) is 25.5. The first kappa shape index (κ1) is 53.2. The van der Waals surface area contributed by atoms with Crippen molar-refractivity contribution in [2.45, 2.75) is 192 Å². The first-order valence-electron chi connectivity index (χ1n) is 22.5. The minimum absolute atomic E-state index is 0.0163. The molecule has 1 saturated heterocycles. The highest BCUT2D eigenvalue weighted by Gasteiger charge is 2.49. The number of phosphoric acid groups is 1. The maximum absolute atomic E-state index is 12.8. The van der Waals surface area contributed by atoms with Crippen molar-refractivity contribution in [1.82, 2.24) is 0 Å². The van der Waals surface area contributed by atoms with Crippen LogP contribution in [0.1, 0.15) is 162 Å². The van der Waals surface area contributed by atoms with Gasteiger partial charge in [-0.25, -0.2) is 19.2 Å². The Morgan fingerprint density at radius 2 is 1.34 bits per heavy atom. The average molecular weight is 861 g/mol. The second-order valence-corrected chi connectivity index (χ2v) is 17.3. The summed E-state index contributed by atoms with van der Waals surface area (Å²) >= 11 is 0. The summed E-state index contributed by atoms with van der Waals surface area (Å²) in [7, 11) is -4.67. The summed E-state index contributed by atoms with van der Waals surface area (Å²) in [5.41, 5.74) is 0. The van der Waals surface area contributed by atoms with E-state index in [2.05, 4.69) is 43.0 Å². The summed E-state index contributed by atoms with van der Waals surface area (Å²) in [6.07, 6.45) is 31.3. The van der Waals surface area contributed by atoms with Gasteiger partial charge in [-0.1, -0.05) is 121 Å². The summed E-state index contributed by atoms with van der Waals surface area (Å²) < 4.78 is 32.8. The summed E-state index contributed by atoms with van der Waals surface area (Å²) in [6, 6.07) is 0.